The highest BCUT2D eigenvalue weighted by molar-refractivity contribution is 9.11. The first kappa shape index (κ1) is 16.8. The molecule has 7 heteroatoms. The Labute approximate surface area is 144 Å². The predicted molar refractivity (Wildman–Crippen MR) is 90.5 cm³/mol. The number of hydrogen-bond donors (Lipinski definition) is 1. The molecule has 0 aromatic heterocycles. The van der Waals surface area contributed by atoms with Crippen LogP contribution in [0.2, 0.25) is 0 Å². The van der Waals surface area contributed by atoms with Crippen molar-refractivity contribution in [2.24, 2.45) is 5.92 Å². The number of benzene rings is 1. The molecule has 2 atom stereocenters. The molecule has 21 heavy (non-hydrogen) atoms. The van der Waals surface area contributed by atoms with E-state index in [1.807, 2.05) is 19.9 Å². The molecule has 1 aliphatic heterocycles. The summed E-state index contributed by atoms with van der Waals surface area (Å²) in [5, 5.41) is 9.25. The zero-order chi connectivity index (χ0) is 15.7. The van der Waals surface area contributed by atoms with E-state index in [0.29, 0.717) is 11.3 Å². The molecule has 4 nitrogen and oxygen atoms in total. The van der Waals surface area contributed by atoms with Crippen molar-refractivity contribution in [1.29, 1.82) is 0 Å². The number of carbonyl (C=O) groups is 2. The molecular formula is C14H15Br2NO3S. The summed E-state index contributed by atoms with van der Waals surface area (Å²) < 4.78 is 1.56. The fourth-order valence-electron chi connectivity index (χ4n) is 2.32. The molecule has 1 amide bonds. The standard InChI is InChI=1S/C14H15Br2NO3S/c1-7(2)13-17(11(6-21-13)14(19)20)12(18)8-3-9(15)5-10(16)4-8/h3-5,7,11,13H,6H2,1-2H3,(H,19,20). The number of nitrogens with zero attached hydrogens (tertiary/aromatic N) is 1. The van der Waals surface area contributed by atoms with Crippen LogP contribution in [0, 0.1) is 5.92 Å². The molecule has 1 heterocycles. The Kier molecular flexibility index (Phi) is 5.38. The van der Waals surface area contributed by atoms with Crippen molar-refractivity contribution >= 4 is 55.5 Å². The van der Waals surface area contributed by atoms with Crippen LogP contribution in [0.25, 0.3) is 0 Å². The van der Waals surface area contributed by atoms with Gasteiger partial charge in [0.1, 0.15) is 6.04 Å². The molecule has 1 aromatic rings. The molecule has 0 bridgehead atoms. The molecule has 1 fully saturated rings. The molecule has 1 N–H and O–H groups in total. The van der Waals surface area contributed by atoms with Gasteiger partial charge in [-0.25, -0.2) is 4.79 Å². The highest BCUT2D eigenvalue weighted by Gasteiger charge is 2.43. The number of carbonyl (C=O) groups excluding carboxylic acids is 1. The molecule has 114 valence electrons. The van der Waals surface area contributed by atoms with E-state index < -0.39 is 12.0 Å². The number of rotatable bonds is 3. The Morgan fingerprint density at radius 1 is 1.29 bits per heavy atom. The molecule has 2 unspecified atom stereocenters. The fraction of sp³-hybridized carbons (Fsp3) is 0.429. The van der Waals surface area contributed by atoms with E-state index in [2.05, 4.69) is 31.9 Å². The quantitative estimate of drug-likeness (QED) is 0.781. The van der Waals surface area contributed by atoms with Gasteiger partial charge in [-0.1, -0.05) is 45.7 Å². The van der Waals surface area contributed by atoms with E-state index in [4.69, 9.17) is 0 Å². The smallest absolute Gasteiger partial charge is 0.327 e. The van der Waals surface area contributed by atoms with E-state index in [9.17, 15) is 14.7 Å². The van der Waals surface area contributed by atoms with Crippen LogP contribution in [-0.2, 0) is 4.79 Å². The number of carboxylic acids is 1. The zero-order valence-electron chi connectivity index (χ0n) is 11.5. The third kappa shape index (κ3) is 3.63. The van der Waals surface area contributed by atoms with Crippen LogP contribution in [0.3, 0.4) is 0 Å². The SMILES string of the molecule is CC(C)C1SCC(C(=O)O)N1C(=O)c1cc(Br)cc(Br)c1. The van der Waals surface area contributed by atoms with Gasteiger partial charge in [-0.15, -0.1) is 11.8 Å². The van der Waals surface area contributed by atoms with Crippen LogP contribution in [0.5, 0.6) is 0 Å². The van der Waals surface area contributed by atoms with Crippen molar-refractivity contribution in [1.82, 2.24) is 4.90 Å². The Morgan fingerprint density at radius 2 is 1.86 bits per heavy atom. The molecular weight excluding hydrogens is 422 g/mol. The van der Waals surface area contributed by atoms with Gasteiger partial charge in [-0.3, -0.25) is 4.79 Å². The van der Waals surface area contributed by atoms with Gasteiger partial charge in [0.25, 0.3) is 5.91 Å². The second-order valence-corrected chi connectivity index (χ2v) is 8.17. The Balaban J connectivity index is 2.38. The van der Waals surface area contributed by atoms with Crippen LogP contribution in [0.1, 0.15) is 24.2 Å². The number of carboxylic acid groups (broad SMARTS) is 1. The number of halogens is 2. The van der Waals surface area contributed by atoms with Gasteiger partial charge in [0.05, 0.1) is 5.37 Å². The zero-order valence-corrected chi connectivity index (χ0v) is 15.5. The van der Waals surface area contributed by atoms with Crippen LogP contribution in [0.4, 0.5) is 0 Å². The van der Waals surface area contributed by atoms with E-state index in [1.165, 1.54) is 16.7 Å². The minimum Gasteiger partial charge on any atom is -0.480 e. The maximum Gasteiger partial charge on any atom is 0.327 e. The second-order valence-electron chi connectivity index (χ2n) is 5.19. The van der Waals surface area contributed by atoms with Gasteiger partial charge in [-0.2, -0.15) is 0 Å². The third-order valence-electron chi connectivity index (χ3n) is 3.23. The highest BCUT2D eigenvalue weighted by Crippen LogP contribution is 2.35. The molecule has 0 saturated carbocycles. The number of amides is 1. The summed E-state index contributed by atoms with van der Waals surface area (Å²) >= 11 is 8.24. The van der Waals surface area contributed by atoms with E-state index in [1.54, 1.807) is 12.1 Å². The molecule has 0 spiro atoms. The first-order chi connectivity index (χ1) is 9.81. The number of hydrogen-bond acceptors (Lipinski definition) is 3. The van der Waals surface area contributed by atoms with Crippen LogP contribution < -0.4 is 0 Å². The summed E-state index contributed by atoms with van der Waals surface area (Å²) in [5.41, 5.74) is 0.482. The molecule has 1 saturated heterocycles. The average molecular weight is 437 g/mol. The summed E-state index contributed by atoms with van der Waals surface area (Å²) in [6, 6.07) is 4.50. The van der Waals surface area contributed by atoms with Gasteiger partial charge in [0.2, 0.25) is 0 Å². The second kappa shape index (κ2) is 6.71. The van der Waals surface area contributed by atoms with Crippen molar-refractivity contribution in [3.8, 4) is 0 Å². The Morgan fingerprint density at radius 3 is 2.33 bits per heavy atom. The first-order valence-electron chi connectivity index (χ1n) is 6.44. The number of thioether (sulfide) groups is 1. The highest BCUT2D eigenvalue weighted by atomic mass is 79.9. The van der Waals surface area contributed by atoms with Gasteiger partial charge < -0.3 is 10.0 Å². The van der Waals surface area contributed by atoms with Gasteiger partial charge in [0.15, 0.2) is 0 Å². The van der Waals surface area contributed by atoms with Crippen molar-refractivity contribution in [2.45, 2.75) is 25.3 Å². The van der Waals surface area contributed by atoms with Crippen molar-refractivity contribution < 1.29 is 14.7 Å². The van der Waals surface area contributed by atoms with Crippen LogP contribution >= 0.6 is 43.6 Å². The van der Waals surface area contributed by atoms with Crippen LogP contribution in [0.15, 0.2) is 27.1 Å². The predicted octanol–water partition coefficient (Wildman–Crippen LogP) is 3.84. The minimum absolute atomic E-state index is 0.114. The molecule has 0 aliphatic carbocycles. The lowest BCUT2D eigenvalue weighted by Crippen LogP contribution is -2.47. The summed E-state index contributed by atoms with van der Waals surface area (Å²) in [6.45, 7) is 4.00. The van der Waals surface area contributed by atoms with Crippen LogP contribution in [-0.4, -0.2) is 39.1 Å². The summed E-state index contributed by atoms with van der Waals surface area (Å²) in [6.07, 6.45) is 0. The molecule has 1 aromatic carbocycles. The maximum atomic E-state index is 12.8. The summed E-state index contributed by atoms with van der Waals surface area (Å²) in [4.78, 5) is 25.7. The maximum absolute atomic E-state index is 12.8. The van der Waals surface area contributed by atoms with Crippen molar-refractivity contribution in [3.63, 3.8) is 0 Å². The molecule has 0 radical (unpaired) electrons. The monoisotopic (exact) mass is 435 g/mol. The normalized spacial score (nSPS) is 21.9. The first-order valence-corrected chi connectivity index (χ1v) is 9.08. The fourth-order valence-corrected chi connectivity index (χ4v) is 5.08. The lowest BCUT2D eigenvalue weighted by molar-refractivity contribution is -0.141. The Bertz CT molecular complexity index is 559. The lowest BCUT2D eigenvalue weighted by Gasteiger charge is -2.29. The van der Waals surface area contributed by atoms with Crippen molar-refractivity contribution in [3.05, 3.63) is 32.7 Å². The summed E-state index contributed by atoms with van der Waals surface area (Å²) in [5.74, 6) is -0.570. The Hall–Kier alpha value is -0.530. The lowest BCUT2D eigenvalue weighted by atomic mass is 10.1. The largest absolute Gasteiger partial charge is 0.480 e. The van der Waals surface area contributed by atoms with Gasteiger partial charge in [-0.05, 0) is 24.1 Å². The topological polar surface area (TPSA) is 57.6 Å². The number of aliphatic carboxylic acids is 1. The van der Waals surface area contributed by atoms with E-state index >= 15 is 0 Å². The summed E-state index contributed by atoms with van der Waals surface area (Å²) in [7, 11) is 0. The van der Waals surface area contributed by atoms with E-state index in [-0.39, 0.29) is 17.2 Å². The van der Waals surface area contributed by atoms with Gasteiger partial charge >= 0.3 is 5.97 Å². The van der Waals surface area contributed by atoms with Crippen molar-refractivity contribution in [2.75, 3.05) is 5.75 Å². The molecule has 2 rings (SSSR count). The van der Waals surface area contributed by atoms with Gasteiger partial charge in [0, 0.05) is 20.3 Å². The average Bonchev–Trinajstić information content (AvgIpc) is 2.81. The third-order valence-corrected chi connectivity index (χ3v) is 5.77. The molecule has 1 aliphatic rings. The minimum atomic E-state index is -0.951. The van der Waals surface area contributed by atoms with E-state index in [0.717, 1.165) is 8.95 Å².